The minimum Gasteiger partial charge on any atom is -0.483 e. The molecule has 1 aliphatic heterocycles. The molecule has 170 valence electrons. The highest BCUT2D eigenvalue weighted by atomic mass is 16.4. The minimum absolute atomic E-state index is 0.0426. The van der Waals surface area contributed by atoms with Gasteiger partial charge in [-0.2, -0.15) is 0 Å². The zero-order valence-corrected chi connectivity index (χ0v) is 17.5. The molecule has 1 aromatic carbocycles. The monoisotopic (exact) mass is 442 g/mol. The summed E-state index contributed by atoms with van der Waals surface area (Å²) in [6, 6.07) is 10.7. The average Bonchev–Trinajstić information content (AvgIpc) is 3.22. The van der Waals surface area contributed by atoms with Gasteiger partial charge in [-0.3, -0.25) is 19.2 Å². The van der Waals surface area contributed by atoms with Crippen molar-refractivity contribution in [1.82, 2.24) is 9.88 Å². The third-order valence-corrected chi connectivity index (χ3v) is 6.18. The van der Waals surface area contributed by atoms with Crippen LogP contribution in [0.1, 0.15) is 40.0 Å². The number of H-pyrrole nitrogens is 1. The molecule has 4 N–H and O–H groups in total. The van der Waals surface area contributed by atoms with Gasteiger partial charge in [0.2, 0.25) is 0 Å². The van der Waals surface area contributed by atoms with E-state index < -0.39 is 29.0 Å². The quantitative estimate of drug-likeness (QED) is 0.518. The molecular formula is C23H26N2O7. The van der Waals surface area contributed by atoms with Crippen molar-refractivity contribution in [2.75, 3.05) is 13.1 Å². The molecule has 1 aliphatic carbocycles. The number of hydrogen-bond donors (Lipinski definition) is 4. The Morgan fingerprint density at radius 3 is 2.56 bits per heavy atom. The number of carboxylic acid groups (broad SMARTS) is 2. The molecule has 1 saturated heterocycles. The third-order valence-electron chi connectivity index (χ3n) is 6.18. The van der Waals surface area contributed by atoms with Crippen LogP contribution in [0, 0.1) is 5.41 Å². The van der Waals surface area contributed by atoms with Crippen LogP contribution in [0.25, 0.3) is 0 Å². The maximum atomic E-state index is 13.1. The van der Waals surface area contributed by atoms with E-state index >= 15 is 0 Å². The van der Waals surface area contributed by atoms with Crippen molar-refractivity contribution in [2.24, 2.45) is 5.41 Å². The highest BCUT2D eigenvalue weighted by molar-refractivity contribution is 5.94. The number of carbonyl (C=O) groups excluding carboxylic acids is 1. The number of aromatic nitrogens is 1. The summed E-state index contributed by atoms with van der Waals surface area (Å²) in [4.78, 5) is 50.4. The summed E-state index contributed by atoms with van der Waals surface area (Å²) < 4.78 is 0. The highest BCUT2D eigenvalue weighted by Gasteiger charge is 2.50. The van der Waals surface area contributed by atoms with Gasteiger partial charge in [-0.1, -0.05) is 30.3 Å². The van der Waals surface area contributed by atoms with Crippen molar-refractivity contribution in [3.05, 3.63) is 69.1 Å². The molecule has 1 fully saturated rings. The second kappa shape index (κ2) is 9.78. The number of aliphatic hydroxyl groups is 1. The van der Waals surface area contributed by atoms with Gasteiger partial charge in [-0.25, -0.2) is 0 Å². The fraction of sp³-hybridized carbons (Fsp3) is 0.391. The summed E-state index contributed by atoms with van der Waals surface area (Å²) in [7, 11) is 0. The van der Waals surface area contributed by atoms with Crippen LogP contribution in [0.2, 0.25) is 0 Å². The largest absolute Gasteiger partial charge is 0.483 e. The lowest BCUT2D eigenvalue weighted by molar-refractivity contribution is -0.161. The number of carboxylic acids is 1. The molecular weight excluding hydrogens is 416 g/mol. The van der Waals surface area contributed by atoms with E-state index in [-0.39, 0.29) is 38.0 Å². The van der Waals surface area contributed by atoms with Gasteiger partial charge in [0.1, 0.15) is 11.0 Å². The molecule has 1 amide bonds. The first kappa shape index (κ1) is 23.2. The number of likely N-dealkylation sites (tertiary alicyclic amines) is 1. The molecule has 1 aromatic heterocycles. The molecule has 0 unspecified atom stereocenters. The maximum Gasteiger partial charge on any atom is 0.314 e. The molecule has 0 saturated carbocycles. The van der Waals surface area contributed by atoms with Gasteiger partial charge in [0.15, 0.2) is 0 Å². The summed E-state index contributed by atoms with van der Waals surface area (Å²) in [6.07, 6.45) is 1.73. The number of hydrogen-bond acceptors (Lipinski definition) is 5. The highest BCUT2D eigenvalue weighted by Crippen LogP contribution is 2.35. The lowest BCUT2D eigenvalue weighted by atomic mass is 9.72. The minimum atomic E-state index is -1.52. The molecule has 2 atom stereocenters. The Labute approximate surface area is 184 Å². The van der Waals surface area contributed by atoms with E-state index in [0.29, 0.717) is 0 Å². The van der Waals surface area contributed by atoms with Crippen LogP contribution in [-0.2, 0) is 28.9 Å². The Kier molecular flexibility index (Phi) is 7.09. The van der Waals surface area contributed by atoms with Gasteiger partial charge >= 0.3 is 5.97 Å². The number of carbonyl (C=O) groups is 3. The van der Waals surface area contributed by atoms with Gasteiger partial charge < -0.3 is 25.2 Å². The zero-order chi connectivity index (χ0) is 23.3. The number of benzene rings is 1. The van der Waals surface area contributed by atoms with E-state index in [9.17, 15) is 24.6 Å². The molecule has 9 heteroatoms. The molecule has 4 rings (SSSR count). The first-order valence-electron chi connectivity index (χ1n) is 10.4. The van der Waals surface area contributed by atoms with Crippen LogP contribution in [0.4, 0.5) is 0 Å². The summed E-state index contributed by atoms with van der Waals surface area (Å²) in [5.74, 6) is -1.62. The number of piperidine rings is 1. The lowest BCUT2D eigenvalue weighted by Gasteiger charge is -2.43. The fourth-order valence-electron chi connectivity index (χ4n) is 4.51. The number of pyridine rings is 1. The fourth-order valence-corrected chi connectivity index (χ4v) is 4.51. The molecule has 0 bridgehead atoms. The Balaban J connectivity index is 0.000000913. The molecule has 2 aromatic rings. The number of fused-ring (bicyclic) bond motifs is 1. The predicted octanol–water partition coefficient (Wildman–Crippen LogP) is 1.08. The van der Waals surface area contributed by atoms with E-state index in [1.807, 2.05) is 30.3 Å². The van der Waals surface area contributed by atoms with Gasteiger partial charge in [-0.15, -0.1) is 0 Å². The van der Waals surface area contributed by atoms with Crippen LogP contribution in [-0.4, -0.2) is 62.7 Å². The van der Waals surface area contributed by atoms with E-state index in [1.54, 1.807) is 6.07 Å². The van der Waals surface area contributed by atoms with Crippen LogP contribution < -0.4 is 5.56 Å². The summed E-state index contributed by atoms with van der Waals surface area (Å²) in [5.41, 5.74) is 0.715. The maximum absolute atomic E-state index is 13.1. The van der Waals surface area contributed by atoms with Gasteiger partial charge in [0, 0.05) is 18.8 Å². The number of aromatic amines is 1. The SMILES string of the molecule is O=C(c1cc2c([nH]c1=O)CCC2)N1CC[C@H](O)[C@](Cc2ccccc2)(C(=O)O)C1.O=CO. The van der Waals surface area contributed by atoms with Crippen LogP contribution in [0.5, 0.6) is 0 Å². The number of aliphatic carboxylic acids is 1. The zero-order valence-electron chi connectivity index (χ0n) is 17.5. The summed E-state index contributed by atoms with van der Waals surface area (Å²) in [6.45, 7) is -0.186. The van der Waals surface area contributed by atoms with Crippen molar-refractivity contribution in [3.8, 4) is 0 Å². The molecule has 0 radical (unpaired) electrons. The van der Waals surface area contributed by atoms with E-state index in [4.69, 9.17) is 9.90 Å². The number of amides is 1. The van der Waals surface area contributed by atoms with Crippen LogP contribution in [0.15, 0.2) is 41.2 Å². The molecule has 2 aliphatic rings. The average molecular weight is 442 g/mol. The second-order valence-electron chi connectivity index (χ2n) is 8.13. The lowest BCUT2D eigenvalue weighted by Crippen LogP contribution is -2.58. The van der Waals surface area contributed by atoms with Crippen molar-refractivity contribution in [3.63, 3.8) is 0 Å². The first-order valence-corrected chi connectivity index (χ1v) is 10.4. The Morgan fingerprint density at radius 2 is 1.91 bits per heavy atom. The van der Waals surface area contributed by atoms with Crippen LogP contribution in [0.3, 0.4) is 0 Å². The number of aryl methyl sites for hydroxylation is 2. The Bertz CT molecular complexity index is 1050. The van der Waals surface area contributed by atoms with Crippen molar-refractivity contribution in [2.45, 2.75) is 38.2 Å². The summed E-state index contributed by atoms with van der Waals surface area (Å²) >= 11 is 0. The topological polar surface area (TPSA) is 148 Å². The van der Waals surface area contributed by atoms with E-state index in [2.05, 4.69) is 4.98 Å². The Hall–Kier alpha value is -3.46. The second-order valence-corrected chi connectivity index (χ2v) is 8.13. The third kappa shape index (κ3) is 4.57. The van der Waals surface area contributed by atoms with Gasteiger partial charge in [0.05, 0.1) is 6.10 Å². The molecule has 9 nitrogen and oxygen atoms in total. The number of aliphatic hydroxyl groups excluding tert-OH is 1. The Morgan fingerprint density at radius 1 is 1.22 bits per heavy atom. The smallest absolute Gasteiger partial charge is 0.314 e. The normalized spacial score (nSPS) is 21.8. The first-order chi connectivity index (χ1) is 15.3. The van der Waals surface area contributed by atoms with Gasteiger partial charge in [-0.05, 0) is 49.3 Å². The van der Waals surface area contributed by atoms with Crippen molar-refractivity contribution in [1.29, 1.82) is 0 Å². The summed E-state index contributed by atoms with van der Waals surface area (Å²) in [5, 5.41) is 27.5. The van der Waals surface area contributed by atoms with Crippen molar-refractivity contribution >= 4 is 18.3 Å². The predicted molar refractivity (Wildman–Crippen MR) is 115 cm³/mol. The number of nitrogens with zero attached hydrogens (tertiary/aromatic N) is 1. The van der Waals surface area contributed by atoms with Crippen molar-refractivity contribution < 1.29 is 29.7 Å². The molecule has 2 heterocycles. The van der Waals surface area contributed by atoms with E-state index in [0.717, 1.165) is 36.1 Å². The molecule has 32 heavy (non-hydrogen) atoms. The van der Waals surface area contributed by atoms with Crippen LogP contribution >= 0.6 is 0 Å². The van der Waals surface area contributed by atoms with Gasteiger partial charge in [0.25, 0.3) is 17.9 Å². The standard InChI is InChI=1S/C22H24N2O5.CH2O2/c25-18-9-10-24(13-22(18,21(28)29)12-14-5-2-1-3-6-14)20(27)16-11-15-7-4-8-17(15)23-19(16)26;2-1-3/h1-3,5-6,11,18,25H,4,7-10,12-13H2,(H,23,26)(H,28,29);1H,(H,2,3)/t18-,22+;/m0./s1. The molecule has 0 spiro atoms. The number of rotatable bonds is 4. The number of nitrogens with one attached hydrogen (secondary N) is 1. The van der Waals surface area contributed by atoms with E-state index in [1.165, 1.54) is 4.90 Å².